The highest BCUT2D eigenvalue weighted by Gasteiger charge is 2.40. The van der Waals surface area contributed by atoms with E-state index in [0.717, 1.165) is 21.3 Å². The van der Waals surface area contributed by atoms with Crippen LogP contribution in [0, 0.1) is 0 Å². The van der Waals surface area contributed by atoms with Gasteiger partial charge in [-0.3, -0.25) is 0 Å². The SMILES string of the molecule is CCOC(=O)C1=C(C)N=C2SC(c3cccc(Cl)c3)=NN2C1c1ccccc1. The second-order valence-corrected chi connectivity index (χ2v) is 7.68. The summed E-state index contributed by atoms with van der Waals surface area (Å²) < 4.78 is 5.31. The fourth-order valence-electron chi connectivity index (χ4n) is 3.21. The number of carbonyl (C=O) groups is 1. The highest BCUT2D eigenvalue weighted by atomic mass is 35.5. The van der Waals surface area contributed by atoms with E-state index in [1.54, 1.807) is 11.9 Å². The third-order valence-electron chi connectivity index (χ3n) is 4.44. The molecule has 0 saturated carbocycles. The van der Waals surface area contributed by atoms with Gasteiger partial charge < -0.3 is 4.74 Å². The minimum absolute atomic E-state index is 0.305. The first-order chi connectivity index (χ1) is 13.6. The van der Waals surface area contributed by atoms with Gasteiger partial charge in [0.2, 0.25) is 0 Å². The Labute approximate surface area is 172 Å². The van der Waals surface area contributed by atoms with Crippen molar-refractivity contribution >= 4 is 39.5 Å². The third-order valence-corrected chi connectivity index (χ3v) is 5.64. The molecule has 142 valence electrons. The first-order valence-corrected chi connectivity index (χ1v) is 10.1. The maximum Gasteiger partial charge on any atom is 0.338 e. The molecule has 0 saturated heterocycles. The van der Waals surface area contributed by atoms with Gasteiger partial charge in [0.05, 0.1) is 17.9 Å². The lowest BCUT2D eigenvalue weighted by atomic mass is 9.96. The number of nitrogens with zero attached hydrogens (tertiary/aromatic N) is 3. The van der Waals surface area contributed by atoms with Crippen LogP contribution in [0.1, 0.15) is 31.0 Å². The molecule has 0 amide bonds. The molecule has 2 aliphatic rings. The van der Waals surface area contributed by atoms with Gasteiger partial charge in [-0.15, -0.1) is 0 Å². The molecular formula is C21H18ClN3O2S. The second kappa shape index (κ2) is 7.81. The molecule has 2 aromatic carbocycles. The predicted molar refractivity (Wildman–Crippen MR) is 113 cm³/mol. The largest absolute Gasteiger partial charge is 0.463 e. The Balaban J connectivity index is 1.81. The van der Waals surface area contributed by atoms with E-state index in [1.165, 1.54) is 11.8 Å². The number of halogens is 1. The van der Waals surface area contributed by atoms with E-state index in [0.29, 0.717) is 22.9 Å². The van der Waals surface area contributed by atoms with Gasteiger partial charge in [0, 0.05) is 10.6 Å². The molecule has 0 spiro atoms. The molecule has 0 aromatic heterocycles. The predicted octanol–water partition coefficient (Wildman–Crippen LogP) is 5.00. The van der Waals surface area contributed by atoms with Crippen molar-refractivity contribution in [3.05, 3.63) is 82.0 Å². The molecule has 0 N–H and O–H groups in total. The van der Waals surface area contributed by atoms with Crippen LogP contribution in [0.15, 0.2) is 76.0 Å². The topological polar surface area (TPSA) is 54.3 Å². The zero-order chi connectivity index (χ0) is 19.7. The first kappa shape index (κ1) is 18.8. The molecule has 0 bridgehead atoms. The normalized spacial score (nSPS) is 18.5. The lowest BCUT2D eigenvalue weighted by Crippen LogP contribution is -2.34. The number of allylic oxidation sites excluding steroid dienone is 1. The van der Waals surface area contributed by atoms with Crippen molar-refractivity contribution in [2.24, 2.45) is 10.1 Å². The van der Waals surface area contributed by atoms with Crippen LogP contribution in [-0.2, 0) is 9.53 Å². The minimum Gasteiger partial charge on any atom is -0.463 e. The standard InChI is InChI=1S/C21H18ClN3O2S/c1-3-27-20(26)17-13(2)23-21-25(18(17)14-8-5-4-6-9-14)24-19(28-21)15-10-7-11-16(22)12-15/h4-12,18H,3H2,1-2H3. The van der Waals surface area contributed by atoms with Crippen molar-refractivity contribution in [1.29, 1.82) is 0 Å². The lowest BCUT2D eigenvalue weighted by Gasteiger charge is -2.31. The van der Waals surface area contributed by atoms with E-state index in [-0.39, 0.29) is 5.97 Å². The third kappa shape index (κ3) is 3.45. The van der Waals surface area contributed by atoms with Crippen LogP contribution >= 0.6 is 23.4 Å². The number of hydrazone groups is 1. The summed E-state index contributed by atoms with van der Waals surface area (Å²) in [5.74, 6) is -0.368. The molecule has 2 aromatic rings. The smallest absolute Gasteiger partial charge is 0.338 e. The molecule has 0 fully saturated rings. The Morgan fingerprint density at radius 3 is 2.71 bits per heavy atom. The van der Waals surface area contributed by atoms with Gasteiger partial charge in [-0.1, -0.05) is 54.1 Å². The molecule has 5 nitrogen and oxygen atoms in total. The van der Waals surface area contributed by atoms with Crippen molar-refractivity contribution < 1.29 is 9.53 Å². The average Bonchev–Trinajstić information content (AvgIpc) is 3.11. The summed E-state index contributed by atoms with van der Waals surface area (Å²) in [6.45, 7) is 3.94. The van der Waals surface area contributed by atoms with Crippen LogP contribution in [0.5, 0.6) is 0 Å². The maximum atomic E-state index is 12.7. The fourth-order valence-corrected chi connectivity index (χ4v) is 4.37. The Kier molecular flexibility index (Phi) is 5.24. The zero-order valence-electron chi connectivity index (χ0n) is 15.4. The molecular weight excluding hydrogens is 394 g/mol. The quantitative estimate of drug-likeness (QED) is 0.664. The fraction of sp³-hybridized carbons (Fsp3) is 0.190. The van der Waals surface area contributed by atoms with Crippen molar-refractivity contribution in [2.75, 3.05) is 6.61 Å². The van der Waals surface area contributed by atoms with Crippen molar-refractivity contribution in [2.45, 2.75) is 19.9 Å². The summed E-state index contributed by atoms with van der Waals surface area (Å²) in [4.78, 5) is 17.4. The molecule has 28 heavy (non-hydrogen) atoms. The molecule has 0 radical (unpaired) electrons. The summed E-state index contributed by atoms with van der Waals surface area (Å²) in [6.07, 6.45) is 0. The molecule has 2 heterocycles. The van der Waals surface area contributed by atoms with Gasteiger partial charge >= 0.3 is 5.97 Å². The van der Waals surface area contributed by atoms with Gasteiger partial charge in [0.25, 0.3) is 0 Å². The zero-order valence-corrected chi connectivity index (χ0v) is 17.0. The van der Waals surface area contributed by atoms with E-state index >= 15 is 0 Å². The summed E-state index contributed by atoms with van der Waals surface area (Å²) >= 11 is 7.61. The van der Waals surface area contributed by atoms with E-state index < -0.39 is 6.04 Å². The summed E-state index contributed by atoms with van der Waals surface area (Å²) in [6, 6.07) is 17.0. The number of hydrogen-bond donors (Lipinski definition) is 0. The number of hydrogen-bond acceptors (Lipinski definition) is 6. The number of fused-ring (bicyclic) bond motifs is 1. The van der Waals surface area contributed by atoms with Crippen LogP contribution < -0.4 is 0 Å². The van der Waals surface area contributed by atoms with Gasteiger partial charge in [-0.05, 0) is 43.3 Å². The van der Waals surface area contributed by atoms with Crippen LogP contribution in [0.3, 0.4) is 0 Å². The van der Waals surface area contributed by atoms with Crippen molar-refractivity contribution in [3.8, 4) is 0 Å². The molecule has 7 heteroatoms. The highest BCUT2D eigenvalue weighted by molar-refractivity contribution is 8.27. The second-order valence-electron chi connectivity index (χ2n) is 6.29. The maximum absolute atomic E-state index is 12.7. The molecule has 0 aliphatic carbocycles. The Bertz CT molecular complexity index is 1020. The van der Waals surface area contributed by atoms with Gasteiger partial charge in [0.1, 0.15) is 11.1 Å². The molecule has 1 atom stereocenters. The number of benzene rings is 2. The van der Waals surface area contributed by atoms with Crippen LogP contribution in [0.2, 0.25) is 5.02 Å². The molecule has 1 unspecified atom stereocenters. The van der Waals surface area contributed by atoms with E-state index in [2.05, 4.69) is 4.99 Å². The van der Waals surface area contributed by atoms with Crippen molar-refractivity contribution in [1.82, 2.24) is 5.01 Å². The number of esters is 1. The van der Waals surface area contributed by atoms with E-state index in [4.69, 9.17) is 21.4 Å². The highest BCUT2D eigenvalue weighted by Crippen LogP contribution is 2.42. The van der Waals surface area contributed by atoms with Gasteiger partial charge in [0.15, 0.2) is 5.17 Å². The Morgan fingerprint density at radius 2 is 2.00 bits per heavy atom. The first-order valence-electron chi connectivity index (χ1n) is 8.91. The average molecular weight is 412 g/mol. The molecule has 4 rings (SSSR count). The van der Waals surface area contributed by atoms with Gasteiger partial charge in [-0.2, -0.15) is 5.10 Å². The summed E-state index contributed by atoms with van der Waals surface area (Å²) in [5, 5.41) is 8.76. The van der Waals surface area contributed by atoms with Crippen LogP contribution in [-0.4, -0.2) is 27.8 Å². The number of rotatable bonds is 4. The Hall–Kier alpha value is -2.57. The van der Waals surface area contributed by atoms with E-state index in [1.807, 2.05) is 61.5 Å². The minimum atomic E-state index is -0.392. The number of thioether (sulfide) groups is 1. The summed E-state index contributed by atoms with van der Waals surface area (Å²) in [7, 11) is 0. The van der Waals surface area contributed by atoms with Crippen LogP contribution in [0.25, 0.3) is 0 Å². The van der Waals surface area contributed by atoms with Crippen LogP contribution in [0.4, 0.5) is 0 Å². The number of amidine groups is 1. The number of ether oxygens (including phenoxy) is 1. The van der Waals surface area contributed by atoms with Gasteiger partial charge in [-0.25, -0.2) is 14.8 Å². The monoisotopic (exact) mass is 411 g/mol. The number of carbonyl (C=O) groups excluding carboxylic acids is 1. The Morgan fingerprint density at radius 1 is 1.21 bits per heavy atom. The van der Waals surface area contributed by atoms with E-state index in [9.17, 15) is 4.79 Å². The molecule has 2 aliphatic heterocycles. The summed E-state index contributed by atoms with van der Waals surface area (Å²) in [5.41, 5.74) is 3.02. The lowest BCUT2D eigenvalue weighted by molar-refractivity contribution is -0.139. The number of aliphatic imine (C=N–C) groups is 1. The van der Waals surface area contributed by atoms with Crippen molar-refractivity contribution in [3.63, 3.8) is 0 Å².